The van der Waals surface area contributed by atoms with Gasteiger partial charge in [-0.1, -0.05) is 28.3 Å². The monoisotopic (exact) mass is 679 g/mol. The third-order valence-electron chi connectivity index (χ3n) is 7.06. The number of nitrogens with zero attached hydrogens (tertiary/aromatic N) is 5. The molecule has 1 N–H and O–H groups in total. The predicted molar refractivity (Wildman–Crippen MR) is 151 cm³/mol. The number of rotatable bonds is 6. The van der Waals surface area contributed by atoms with Crippen LogP contribution in [0.25, 0.3) is 0 Å². The van der Waals surface area contributed by atoms with E-state index < -0.39 is 53.9 Å². The molecular weight excluding hydrogens is 646 g/mol. The molecule has 5 aliphatic rings. The van der Waals surface area contributed by atoms with E-state index in [1.54, 1.807) is 4.90 Å². The molecule has 0 spiro atoms. The normalized spacial score (nSPS) is 21.8. The first-order valence-electron chi connectivity index (χ1n) is 14.6. The summed E-state index contributed by atoms with van der Waals surface area (Å²) in [6, 6.07) is 0. The summed E-state index contributed by atoms with van der Waals surface area (Å²) in [4.78, 5) is 128. The average Bonchev–Trinajstić information content (AvgIpc) is 3.89. The lowest BCUT2D eigenvalue weighted by atomic mass is 10.3. The van der Waals surface area contributed by atoms with Gasteiger partial charge in [-0.3, -0.25) is 52.9 Å². The highest BCUT2D eigenvalue weighted by Crippen LogP contribution is 2.18. The number of carbonyl (C=O) groups is 10. The van der Waals surface area contributed by atoms with Crippen molar-refractivity contribution in [2.45, 2.75) is 63.6 Å². The van der Waals surface area contributed by atoms with Crippen molar-refractivity contribution in [2.75, 3.05) is 26.2 Å². The van der Waals surface area contributed by atoms with E-state index in [9.17, 15) is 47.9 Å². The van der Waals surface area contributed by atoms with Gasteiger partial charge >= 0.3 is 12.3 Å². The number of aliphatic hydroxyl groups is 1. The van der Waals surface area contributed by atoms with Gasteiger partial charge in [0, 0.05) is 64.6 Å². The molecule has 2 atom stereocenters. The van der Waals surface area contributed by atoms with E-state index in [-0.39, 0.29) is 73.1 Å². The van der Waals surface area contributed by atoms with Gasteiger partial charge in [-0.2, -0.15) is 4.79 Å². The Balaban J connectivity index is 0.000000206. The lowest BCUT2D eigenvalue weighted by molar-refractivity contribution is -0.198. The van der Waals surface area contributed by atoms with Gasteiger partial charge in [-0.25, -0.2) is 4.79 Å². The molecule has 0 aromatic carbocycles. The zero-order chi connectivity index (χ0) is 35.5. The van der Waals surface area contributed by atoms with Crippen molar-refractivity contribution in [3.8, 4) is 0 Å². The number of aliphatic hydroxyl groups excluding tert-OH is 1. The number of carbonyl (C=O) groups excluding carboxylic acids is 10. The number of β-amino-alcohol motifs (C(OH)–C–C–N with tert-alkyl or cyclic N) is 1. The minimum Gasteiger partial charge on any atom is -0.427 e. The number of hydrogen-bond donors (Lipinski definition) is 1. The Morgan fingerprint density at radius 3 is 1.29 bits per heavy atom. The Kier molecular flexibility index (Phi) is 12.9. The molecule has 20 nitrogen and oxygen atoms in total. The van der Waals surface area contributed by atoms with Crippen molar-refractivity contribution in [2.24, 2.45) is 0 Å². The van der Waals surface area contributed by atoms with Crippen LogP contribution in [0.1, 0.15) is 51.4 Å². The molecule has 0 unspecified atom stereocenters. The van der Waals surface area contributed by atoms with Crippen LogP contribution < -0.4 is 0 Å². The number of imide groups is 3. The highest BCUT2D eigenvalue weighted by molar-refractivity contribution is 6.03. The summed E-state index contributed by atoms with van der Waals surface area (Å²) in [6.07, 6.45) is -0.0233. The lowest BCUT2D eigenvalue weighted by Gasteiger charge is -2.16. The van der Waals surface area contributed by atoms with Crippen LogP contribution in [0.15, 0.2) is 25.3 Å². The molecule has 0 aliphatic carbocycles. The van der Waals surface area contributed by atoms with Crippen molar-refractivity contribution < 1.29 is 72.3 Å². The Labute approximate surface area is 272 Å². The van der Waals surface area contributed by atoms with Gasteiger partial charge in [0.05, 0.1) is 12.6 Å². The van der Waals surface area contributed by atoms with Gasteiger partial charge in [0.15, 0.2) is 0 Å². The van der Waals surface area contributed by atoms with Crippen LogP contribution in [0, 0.1) is 0 Å². The molecule has 5 heterocycles. The number of hydroxylamine groups is 6. The van der Waals surface area contributed by atoms with Crippen molar-refractivity contribution in [1.29, 1.82) is 0 Å². The van der Waals surface area contributed by atoms with E-state index in [4.69, 9.17) is 9.84 Å². The van der Waals surface area contributed by atoms with Gasteiger partial charge in [-0.15, -0.1) is 0 Å². The molecule has 5 rings (SSSR count). The maximum Gasteiger partial charge on any atom is 0.560 e. The average molecular weight is 680 g/mol. The highest BCUT2D eigenvalue weighted by atomic mass is 16.9. The van der Waals surface area contributed by atoms with Crippen LogP contribution in [-0.2, 0) is 57.6 Å². The van der Waals surface area contributed by atoms with Crippen molar-refractivity contribution in [3.05, 3.63) is 25.3 Å². The molecular formula is C28H33N5O15. The molecule has 20 heteroatoms. The Morgan fingerprint density at radius 2 is 0.938 bits per heavy atom. The fraction of sp³-hybridized carbons (Fsp3) is 0.500. The van der Waals surface area contributed by atoms with Gasteiger partial charge in [-0.05, 0) is 18.6 Å². The minimum atomic E-state index is -1.48. The van der Waals surface area contributed by atoms with Gasteiger partial charge in [0.2, 0.25) is 11.8 Å². The smallest absolute Gasteiger partial charge is 0.427 e. The topological polar surface area (TPSA) is 244 Å². The zero-order valence-corrected chi connectivity index (χ0v) is 25.6. The van der Waals surface area contributed by atoms with Crippen molar-refractivity contribution >= 4 is 59.6 Å². The third kappa shape index (κ3) is 9.92. The van der Waals surface area contributed by atoms with E-state index in [2.05, 4.69) is 27.7 Å². The Hall–Kier alpha value is -5.66. The molecule has 5 aliphatic heterocycles. The molecule has 0 radical (unpaired) electrons. The summed E-state index contributed by atoms with van der Waals surface area (Å²) in [5.41, 5.74) is 0. The van der Waals surface area contributed by atoms with Crippen LogP contribution in [0.3, 0.4) is 0 Å². The molecule has 0 aromatic heterocycles. The van der Waals surface area contributed by atoms with E-state index in [1.165, 1.54) is 17.1 Å². The second kappa shape index (κ2) is 16.8. The number of ether oxygens (including phenoxy) is 1. The molecule has 0 saturated carbocycles. The molecule has 48 heavy (non-hydrogen) atoms. The SMILES string of the molecule is C=CC(=O)N1CC[C@H](O)C1.C=CC(=O)N1CC[C@H](OC(=O)ON2C(=O)CCC2=O)C1.O=C(ON1C(=O)CCC1=O)ON1C(=O)CCC1=O. The summed E-state index contributed by atoms with van der Waals surface area (Å²) in [5.74, 6) is -4.20. The lowest BCUT2D eigenvalue weighted by Crippen LogP contribution is -2.37. The maximum atomic E-state index is 11.5. The van der Waals surface area contributed by atoms with Gasteiger partial charge in [0.25, 0.3) is 35.4 Å². The van der Waals surface area contributed by atoms with Crippen LogP contribution in [0.5, 0.6) is 0 Å². The second-order valence-corrected chi connectivity index (χ2v) is 10.5. The van der Waals surface area contributed by atoms with Crippen LogP contribution >= 0.6 is 0 Å². The summed E-state index contributed by atoms with van der Waals surface area (Å²) in [7, 11) is 0. The van der Waals surface area contributed by atoms with Crippen LogP contribution in [0.4, 0.5) is 9.59 Å². The van der Waals surface area contributed by atoms with Crippen LogP contribution in [-0.4, -0.2) is 128 Å². The van der Waals surface area contributed by atoms with Crippen molar-refractivity contribution in [3.63, 3.8) is 0 Å². The second-order valence-electron chi connectivity index (χ2n) is 10.5. The van der Waals surface area contributed by atoms with E-state index in [0.29, 0.717) is 37.5 Å². The highest BCUT2D eigenvalue weighted by Gasteiger charge is 2.38. The maximum absolute atomic E-state index is 11.5. The van der Waals surface area contributed by atoms with Crippen LogP contribution in [0.2, 0.25) is 0 Å². The molecule has 0 bridgehead atoms. The Morgan fingerprint density at radius 1 is 0.583 bits per heavy atom. The minimum absolute atomic E-state index is 0.0250. The quantitative estimate of drug-likeness (QED) is 0.201. The summed E-state index contributed by atoms with van der Waals surface area (Å²) >= 11 is 0. The number of amides is 8. The predicted octanol–water partition coefficient (Wildman–Crippen LogP) is -0.976. The largest absolute Gasteiger partial charge is 0.560 e. The fourth-order valence-corrected chi connectivity index (χ4v) is 4.60. The molecule has 8 amide bonds. The zero-order valence-electron chi connectivity index (χ0n) is 25.6. The van der Waals surface area contributed by atoms with Crippen molar-refractivity contribution in [1.82, 2.24) is 25.0 Å². The van der Waals surface area contributed by atoms with E-state index in [0.717, 1.165) is 0 Å². The first-order chi connectivity index (χ1) is 22.7. The van der Waals surface area contributed by atoms with E-state index >= 15 is 0 Å². The summed E-state index contributed by atoms with van der Waals surface area (Å²) < 4.78 is 4.96. The molecule has 5 saturated heterocycles. The standard InChI is InChI=1S/C12H14N2O6.C9H8N2O7.C7H11NO2/c1-2-9(15)13-6-5-8(7-13)19-12(18)20-14-10(16)3-4-11(14)17;12-5-1-2-6(13)10(5)17-9(16)18-11-7(14)3-4-8(11)15;1-2-7(10)8-4-3-6(9)5-8/h2,8H,1,3-7H2;1-4H2;2,6,9H,1,3-5H2/t8-;;6-/m0.0/s1. The third-order valence-corrected chi connectivity index (χ3v) is 7.06. The summed E-state index contributed by atoms with van der Waals surface area (Å²) in [5, 5.41) is 9.95. The first kappa shape index (κ1) is 36.8. The molecule has 260 valence electrons. The number of hydrogen-bond acceptors (Lipinski definition) is 15. The van der Waals surface area contributed by atoms with E-state index in [1.807, 2.05) is 0 Å². The summed E-state index contributed by atoms with van der Waals surface area (Å²) in [6.45, 7) is 8.54. The number of likely N-dealkylation sites (tertiary alicyclic amines) is 2. The fourth-order valence-electron chi connectivity index (χ4n) is 4.60. The first-order valence-corrected chi connectivity index (χ1v) is 14.6. The Bertz CT molecular complexity index is 1310. The molecule has 0 aromatic rings. The molecule has 5 fully saturated rings. The van der Waals surface area contributed by atoms with Gasteiger partial charge < -0.3 is 19.6 Å². The van der Waals surface area contributed by atoms with Gasteiger partial charge in [0.1, 0.15) is 6.10 Å².